The second kappa shape index (κ2) is 6.68. The number of nitrogens with zero attached hydrogens (tertiary/aromatic N) is 4. The van der Waals surface area contributed by atoms with Crippen LogP contribution in [0.3, 0.4) is 0 Å². The molecule has 1 aliphatic carbocycles. The van der Waals surface area contributed by atoms with Gasteiger partial charge in [-0.2, -0.15) is 0 Å². The lowest BCUT2D eigenvalue weighted by Crippen LogP contribution is -1.99. The predicted octanol–water partition coefficient (Wildman–Crippen LogP) is 5.82. The highest BCUT2D eigenvalue weighted by molar-refractivity contribution is 7.98. The maximum atomic E-state index is 6.11. The lowest BCUT2D eigenvalue weighted by molar-refractivity contribution is 0.700. The zero-order valence-electron chi connectivity index (χ0n) is 13.7. The molecule has 0 amide bonds. The summed E-state index contributed by atoms with van der Waals surface area (Å²) in [6, 6.07) is 5.70. The molecule has 0 atom stereocenters. The molecule has 4 aromatic rings. The van der Waals surface area contributed by atoms with Gasteiger partial charge < -0.3 is 0 Å². The van der Waals surface area contributed by atoms with Crippen molar-refractivity contribution in [2.75, 3.05) is 0 Å². The molecule has 5 rings (SSSR count). The van der Waals surface area contributed by atoms with Crippen LogP contribution in [0.4, 0.5) is 0 Å². The van der Waals surface area contributed by atoms with Gasteiger partial charge in [0.25, 0.3) is 0 Å². The van der Waals surface area contributed by atoms with Crippen LogP contribution in [0.2, 0.25) is 10.0 Å². The Bertz CT molecular complexity index is 1140. The Morgan fingerprint density at radius 2 is 2.00 bits per heavy atom. The Hall–Kier alpha value is -1.34. The van der Waals surface area contributed by atoms with Crippen molar-refractivity contribution in [3.8, 4) is 0 Å². The maximum absolute atomic E-state index is 6.11. The first-order chi connectivity index (χ1) is 12.7. The molecule has 1 aromatic carbocycles. The third kappa shape index (κ3) is 2.80. The summed E-state index contributed by atoms with van der Waals surface area (Å²) in [6.07, 6.45) is 6.64. The van der Waals surface area contributed by atoms with E-state index in [1.165, 1.54) is 28.7 Å². The van der Waals surface area contributed by atoms with E-state index in [4.69, 9.17) is 23.2 Å². The number of aromatic nitrogens is 4. The lowest BCUT2D eigenvalue weighted by Gasteiger charge is -2.10. The van der Waals surface area contributed by atoms with Gasteiger partial charge in [0.15, 0.2) is 10.8 Å². The van der Waals surface area contributed by atoms with Crippen LogP contribution in [0.25, 0.3) is 15.9 Å². The molecule has 0 aliphatic heterocycles. The molecule has 0 saturated heterocycles. The molecule has 0 fully saturated rings. The number of thiophene rings is 1. The van der Waals surface area contributed by atoms with Crippen molar-refractivity contribution >= 4 is 62.2 Å². The first-order valence-electron chi connectivity index (χ1n) is 8.41. The van der Waals surface area contributed by atoms with Gasteiger partial charge in [-0.15, -0.1) is 21.5 Å². The Balaban J connectivity index is 1.52. The summed E-state index contributed by atoms with van der Waals surface area (Å²) in [5.74, 6) is 0.747. The molecule has 1 aliphatic rings. The summed E-state index contributed by atoms with van der Waals surface area (Å²) in [4.78, 5) is 7.23. The summed E-state index contributed by atoms with van der Waals surface area (Å²) in [7, 11) is 0. The molecular formula is C18H14Cl2N4S2. The van der Waals surface area contributed by atoms with Gasteiger partial charge in [-0.1, -0.05) is 41.0 Å². The number of benzene rings is 1. The number of halogens is 2. The third-order valence-corrected chi connectivity index (χ3v) is 7.64. The van der Waals surface area contributed by atoms with E-state index in [2.05, 4.69) is 15.2 Å². The van der Waals surface area contributed by atoms with Gasteiger partial charge in [0, 0.05) is 10.6 Å². The van der Waals surface area contributed by atoms with Crippen molar-refractivity contribution in [2.45, 2.75) is 36.6 Å². The smallest absolute Gasteiger partial charge is 0.197 e. The fourth-order valence-corrected chi connectivity index (χ4v) is 5.80. The van der Waals surface area contributed by atoms with E-state index in [0.717, 1.165) is 39.8 Å². The van der Waals surface area contributed by atoms with Crippen LogP contribution in [0, 0.1) is 0 Å². The number of aryl methyl sites for hydroxylation is 2. The van der Waals surface area contributed by atoms with Gasteiger partial charge in [-0.05, 0) is 48.9 Å². The average molecular weight is 421 g/mol. The van der Waals surface area contributed by atoms with Crippen LogP contribution in [-0.4, -0.2) is 19.6 Å². The van der Waals surface area contributed by atoms with Crippen LogP contribution in [0.5, 0.6) is 0 Å². The zero-order valence-corrected chi connectivity index (χ0v) is 16.9. The second-order valence-electron chi connectivity index (χ2n) is 6.35. The van der Waals surface area contributed by atoms with Crippen LogP contribution in [0.15, 0.2) is 29.7 Å². The Kier molecular flexibility index (Phi) is 4.32. The topological polar surface area (TPSA) is 43.1 Å². The standard InChI is InChI=1S/C18H14Cl2N4S2/c19-12-6-5-10(7-13(12)20)8-25-18-23-22-16-15-11-3-1-2-4-14(11)26-17(15)21-9-24(16)18/h5-7,9H,1-4,8H2. The molecule has 3 aromatic heterocycles. The van der Waals surface area contributed by atoms with Gasteiger partial charge in [0.1, 0.15) is 11.2 Å². The first-order valence-corrected chi connectivity index (χ1v) is 11.0. The van der Waals surface area contributed by atoms with E-state index in [1.807, 2.05) is 40.3 Å². The van der Waals surface area contributed by atoms with E-state index in [1.54, 1.807) is 11.8 Å². The van der Waals surface area contributed by atoms with Crippen LogP contribution in [0.1, 0.15) is 28.8 Å². The largest absolute Gasteiger partial charge is 0.260 e. The predicted molar refractivity (Wildman–Crippen MR) is 109 cm³/mol. The molecule has 26 heavy (non-hydrogen) atoms. The molecule has 4 nitrogen and oxygen atoms in total. The summed E-state index contributed by atoms with van der Waals surface area (Å²) in [6.45, 7) is 0. The van der Waals surface area contributed by atoms with Crippen molar-refractivity contribution in [2.24, 2.45) is 0 Å². The molecule has 0 saturated carbocycles. The van der Waals surface area contributed by atoms with E-state index >= 15 is 0 Å². The summed E-state index contributed by atoms with van der Waals surface area (Å²) >= 11 is 15.5. The van der Waals surface area contributed by atoms with Crippen molar-refractivity contribution in [3.63, 3.8) is 0 Å². The van der Waals surface area contributed by atoms with E-state index in [0.29, 0.717) is 10.0 Å². The SMILES string of the molecule is Clc1ccc(CSc2nnc3c4c5c(sc4ncn23)CCCC5)cc1Cl. The van der Waals surface area contributed by atoms with Gasteiger partial charge in [0.2, 0.25) is 0 Å². The van der Waals surface area contributed by atoms with E-state index in [9.17, 15) is 0 Å². The second-order valence-corrected chi connectivity index (χ2v) is 9.19. The van der Waals surface area contributed by atoms with Gasteiger partial charge in [0.05, 0.1) is 15.4 Å². The van der Waals surface area contributed by atoms with Crippen molar-refractivity contribution in [1.82, 2.24) is 19.6 Å². The number of fused-ring (bicyclic) bond motifs is 5. The minimum atomic E-state index is 0.571. The Morgan fingerprint density at radius 1 is 1.12 bits per heavy atom. The molecule has 0 spiro atoms. The van der Waals surface area contributed by atoms with Crippen LogP contribution in [-0.2, 0) is 18.6 Å². The normalized spacial score (nSPS) is 14.2. The number of hydrogen-bond acceptors (Lipinski definition) is 5. The Morgan fingerprint density at radius 3 is 2.88 bits per heavy atom. The quantitative estimate of drug-likeness (QED) is 0.391. The summed E-state index contributed by atoms with van der Waals surface area (Å²) < 4.78 is 2.01. The van der Waals surface area contributed by atoms with Crippen LogP contribution < -0.4 is 0 Å². The number of hydrogen-bond donors (Lipinski definition) is 0. The summed E-state index contributed by atoms with van der Waals surface area (Å²) in [5, 5.41) is 12.1. The van der Waals surface area contributed by atoms with Gasteiger partial charge in [-0.25, -0.2) is 4.98 Å². The number of rotatable bonds is 3. The van der Waals surface area contributed by atoms with Gasteiger partial charge in [-0.3, -0.25) is 4.40 Å². The highest BCUT2D eigenvalue weighted by Gasteiger charge is 2.21. The van der Waals surface area contributed by atoms with Crippen molar-refractivity contribution in [1.29, 1.82) is 0 Å². The van der Waals surface area contributed by atoms with E-state index in [-0.39, 0.29) is 0 Å². The first kappa shape index (κ1) is 16.8. The maximum Gasteiger partial charge on any atom is 0.197 e. The summed E-state index contributed by atoms with van der Waals surface area (Å²) in [5.41, 5.74) is 3.46. The van der Waals surface area contributed by atoms with Gasteiger partial charge >= 0.3 is 0 Å². The van der Waals surface area contributed by atoms with Crippen molar-refractivity contribution in [3.05, 3.63) is 50.6 Å². The van der Waals surface area contributed by atoms with Crippen LogP contribution >= 0.6 is 46.3 Å². The third-order valence-electron chi connectivity index (χ3n) is 4.68. The van der Waals surface area contributed by atoms with E-state index < -0.39 is 0 Å². The minimum absolute atomic E-state index is 0.571. The molecule has 0 bridgehead atoms. The number of thioether (sulfide) groups is 1. The molecule has 8 heteroatoms. The Labute approximate surface area is 168 Å². The fourth-order valence-electron chi connectivity index (χ4n) is 3.41. The molecule has 0 unspecified atom stereocenters. The molecule has 3 heterocycles. The monoisotopic (exact) mass is 420 g/mol. The zero-order chi connectivity index (χ0) is 17.7. The molecular weight excluding hydrogens is 407 g/mol. The minimum Gasteiger partial charge on any atom is -0.260 e. The highest BCUT2D eigenvalue weighted by atomic mass is 35.5. The molecule has 0 N–H and O–H groups in total. The lowest BCUT2D eigenvalue weighted by atomic mass is 9.97. The molecule has 0 radical (unpaired) electrons. The molecule has 132 valence electrons. The highest BCUT2D eigenvalue weighted by Crippen LogP contribution is 2.37. The van der Waals surface area contributed by atoms with Crippen molar-refractivity contribution < 1.29 is 0 Å². The fraction of sp³-hybridized carbons (Fsp3) is 0.278. The average Bonchev–Trinajstić information content (AvgIpc) is 3.23.